The molecule has 0 heterocycles. The van der Waals surface area contributed by atoms with E-state index in [0.29, 0.717) is 0 Å². The molecule has 0 saturated carbocycles. The first kappa shape index (κ1) is 11.3. The first-order chi connectivity index (χ1) is 6.99. The first-order valence-corrected chi connectivity index (χ1v) is 4.12. The predicted octanol–water partition coefficient (Wildman–Crippen LogP) is 0.364. The van der Waals surface area contributed by atoms with Crippen molar-refractivity contribution >= 4 is 5.97 Å². The normalized spacial score (nSPS) is 12.4. The molecule has 0 radical (unpaired) electrons. The maximum atomic E-state index is 13.2. The topological polar surface area (TPSA) is 104 Å². The Morgan fingerprint density at radius 2 is 2.07 bits per heavy atom. The highest BCUT2D eigenvalue weighted by atomic mass is 19.1. The quantitative estimate of drug-likeness (QED) is 0.545. The van der Waals surface area contributed by atoms with Crippen LogP contribution < -0.4 is 5.73 Å². The second-order valence-electron chi connectivity index (χ2n) is 2.96. The van der Waals surface area contributed by atoms with Crippen molar-refractivity contribution < 1.29 is 24.5 Å². The molecule has 5 N–H and O–H groups in total. The Morgan fingerprint density at radius 3 is 2.53 bits per heavy atom. The van der Waals surface area contributed by atoms with Crippen molar-refractivity contribution in [2.45, 2.75) is 5.92 Å². The van der Waals surface area contributed by atoms with Crippen LogP contribution in [-0.2, 0) is 4.79 Å². The molecule has 6 heteroatoms. The van der Waals surface area contributed by atoms with Gasteiger partial charge >= 0.3 is 5.97 Å². The van der Waals surface area contributed by atoms with Gasteiger partial charge in [0.2, 0.25) is 0 Å². The summed E-state index contributed by atoms with van der Waals surface area (Å²) in [5.41, 5.74) is 4.66. The molecule has 0 aliphatic carbocycles. The van der Waals surface area contributed by atoms with Gasteiger partial charge in [-0.05, 0) is 12.1 Å². The van der Waals surface area contributed by atoms with Crippen molar-refractivity contribution in [2.75, 3.05) is 6.54 Å². The average Bonchev–Trinajstić information content (AvgIpc) is 2.18. The fourth-order valence-corrected chi connectivity index (χ4v) is 1.25. The third-order valence-corrected chi connectivity index (χ3v) is 2.02. The fourth-order valence-electron chi connectivity index (χ4n) is 1.25. The molecule has 0 bridgehead atoms. The molecule has 5 nitrogen and oxygen atoms in total. The number of aromatic hydroxyl groups is 2. The Balaban J connectivity index is 3.34. The highest BCUT2D eigenvalue weighted by molar-refractivity contribution is 5.78. The molecule has 1 rings (SSSR count). The average molecular weight is 215 g/mol. The Kier molecular flexibility index (Phi) is 3.11. The van der Waals surface area contributed by atoms with Crippen LogP contribution in [0.4, 0.5) is 4.39 Å². The zero-order valence-electron chi connectivity index (χ0n) is 7.64. The number of halogens is 1. The fraction of sp³-hybridized carbons (Fsp3) is 0.222. The van der Waals surface area contributed by atoms with E-state index in [1.165, 1.54) is 0 Å². The number of aliphatic carboxylic acids is 1. The summed E-state index contributed by atoms with van der Waals surface area (Å²) in [6.07, 6.45) is 0. The van der Waals surface area contributed by atoms with Crippen LogP contribution in [0.1, 0.15) is 11.5 Å². The molecule has 0 saturated heterocycles. The maximum absolute atomic E-state index is 13.2. The third-order valence-electron chi connectivity index (χ3n) is 2.02. The summed E-state index contributed by atoms with van der Waals surface area (Å²) >= 11 is 0. The SMILES string of the molecule is NCC(C(=O)O)c1c(F)ccc(O)c1O. The summed E-state index contributed by atoms with van der Waals surface area (Å²) in [7, 11) is 0. The lowest BCUT2D eigenvalue weighted by molar-refractivity contribution is -0.138. The Labute approximate surface area is 84.6 Å². The number of nitrogens with two attached hydrogens (primary N) is 1. The van der Waals surface area contributed by atoms with E-state index in [0.717, 1.165) is 12.1 Å². The molecule has 0 aliphatic heterocycles. The van der Waals surface area contributed by atoms with Crippen molar-refractivity contribution in [1.29, 1.82) is 0 Å². The van der Waals surface area contributed by atoms with Crippen LogP contribution in [0.25, 0.3) is 0 Å². The van der Waals surface area contributed by atoms with Crippen molar-refractivity contribution in [1.82, 2.24) is 0 Å². The van der Waals surface area contributed by atoms with Gasteiger partial charge in [-0.3, -0.25) is 4.79 Å². The van der Waals surface area contributed by atoms with Gasteiger partial charge in [-0.2, -0.15) is 0 Å². The van der Waals surface area contributed by atoms with Crippen LogP contribution in [0.15, 0.2) is 12.1 Å². The zero-order chi connectivity index (χ0) is 11.6. The molecule has 0 aliphatic rings. The van der Waals surface area contributed by atoms with Crippen molar-refractivity contribution in [2.24, 2.45) is 5.73 Å². The molecular formula is C9H10FNO4. The van der Waals surface area contributed by atoms with Crippen LogP contribution >= 0.6 is 0 Å². The van der Waals surface area contributed by atoms with E-state index in [2.05, 4.69) is 0 Å². The van der Waals surface area contributed by atoms with Crippen molar-refractivity contribution in [3.8, 4) is 11.5 Å². The summed E-state index contributed by atoms with van der Waals surface area (Å²) in [6.45, 7) is -0.372. The van der Waals surface area contributed by atoms with Gasteiger partial charge in [0.15, 0.2) is 11.5 Å². The molecule has 1 aromatic carbocycles. The summed E-state index contributed by atoms with van der Waals surface area (Å²) in [5.74, 6) is -5.02. The van der Waals surface area contributed by atoms with E-state index < -0.39 is 34.8 Å². The lowest BCUT2D eigenvalue weighted by Crippen LogP contribution is -2.22. The number of carboxylic acids is 1. The number of phenolic OH excluding ortho intramolecular Hbond substituents is 2. The largest absolute Gasteiger partial charge is 0.504 e. The molecule has 1 unspecified atom stereocenters. The number of hydrogen-bond acceptors (Lipinski definition) is 4. The smallest absolute Gasteiger partial charge is 0.312 e. The van der Waals surface area contributed by atoms with Gasteiger partial charge < -0.3 is 21.1 Å². The number of carbonyl (C=O) groups is 1. The minimum absolute atomic E-state index is 0.372. The molecule has 0 amide bonds. The molecule has 1 atom stereocenters. The highest BCUT2D eigenvalue weighted by Gasteiger charge is 2.26. The molecular weight excluding hydrogens is 205 g/mol. The molecule has 1 aromatic rings. The molecule has 82 valence electrons. The van der Waals surface area contributed by atoms with Gasteiger partial charge in [-0.25, -0.2) is 4.39 Å². The monoisotopic (exact) mass is 215 g/mol. The van der Waals surface area contributed by atoms with E-state index in [9.17, 15) is 14.3 Å². The molecule has 0 aromatic heterocycles. The minimum atomic E-state index is -1.38. The highest BCUT2D eigenvalue weighted by Crippen LogP contribution is 2.35. The van der Waals surface area contributed by atoms with Gasteiger partial charge in [0.25, 0.3) is 0 Å². The van der Waals surface area contributed by atoms with Crippen LogP contribution in [-0.4, -0.2) is 27.8 Å². The summed E-state index contributed by atoms with van der Waals surface area (Å²) < 4.78 is 13.2. The second kappa shape index (κ2) is 4.14. The van der Waals surface area contributed by atoms with Gasteiger partial charge in [-0.1, -0.05) is 0 Å². The lowest BCUT2D eigenvalue weighted by atomic mass is 9.97. The number of benzene rings is 1. The van der Waals surface area contributed by atoms with Crippen LogP contribution in [0.3, 0.4) is 0 Å². The number of phenols is 2. The molecule has 0 spiro atoms. The standard InChI is InChI=1S/C9H10FNO4/c10-5-1-2-6(12)8(13)7(5)4(3-11)9(14)15/h1-2,4,12-13H,3,11H2,(H,14,15). The summed E-state index contributed by atoms with van der Waals surface area (Å²) in [6, 6.07) is 1.81. The van der Waals surface area contributed by atoms with E-state index >= 15 is 0 Å². The van der Waals surface area contributed by atoms with E-state index in [4.69, 9.17) is 15.9 Å². The van der Waals surface area contributed by atoms with Crippen LogP contribution in [0.2, 0.25) is 0 Å². The van der Waals surface area contributed by atoms with Gasteiger partial charge in [0.05, 0.1) is 0 Å². The summed E-state index contributed by atoms with van der Waals surface area (Å²) in [4.78, 5) is 10.7. The predicted molar refractivity (Wildman–Crippen MR) is 49.2 cm³/mol. The molecule has 0 fully saturated rings. The maximum Gasteiger partial charge on any atom is 0.312 e. The van der Waals surface area contributed by atoms with E-state index in [1.54, 1.807) is 0 Å². The third kappa shape index (κ3) is 1.99. The molecule has 15 heavy (non-hydrogen) atoms. The second-order valence-corrected chi connectivity index (χ2v) is 2.96. The summed E-state index contributed by atoms with van der Waals surface area (Å²) in [5, 5.41) is 27.1. The van der Waals surface area contributed by atoms with Gasteiger partial charge in [0, 0.05) is 12.1 Å². The first-order valence-electron chi connectivity index (χ1n) is 4.12. The van der Waals surface area contributed by atoms with Gasteiger partial charge in [-0.15, -0.1) is 0 Å². The number of hydrogen-bond donors (Lipinski definition) is 4. The van der Waals surface area contributed by atoms with Gasteiger partial charge in [0.1, 0.15) is 11.7 Å². The van der Waals surface area contributed by atoms with Crippen LogP contribution in [0.5, 0.6) is 11.5 Å². The van der Waals surface area contributed by atoms with Crippen LogP contribution in [0, 0.1) is 5.82 Å². The Hall–Kier alpha value is -1.82. The van der Waals surface area contributed by atoms with E-state index in [-0.39, 0.29) is 6.54 Å². The lowest BCUT2D eigenvalue weighted by Gasteiger charge is -2.13. The zero-order valence-corrected chi connectivity index (χ0v) is 7.64. The number of rotatable bonds is 3. The minimum Gasteiger partial charge on any atom is -0.504 e. The number of carboxylic acid groups (broad SMARTS) is 1. The Morgan fingerprint density at radius 1 is 1.47 bits per heavy atom. The van der Waals surface area contributed by atoms with E-state index in [1.807, 2.05) is 0 Å². The Bertz CT molecular complexity index is 394. The van der Waals surface area contributed by atoms with Crippen molar-refractivity contribution in [3.05, 3.63) is 23.5 Å². The van der Waals surface area contributed by atoms with Crippen molar-refractivity contribution in [3.63, 3.8) is 0 Å².